The number of anilines is 1. The molecule has 5 heteroatoms. The molecule has 2 aromatic heterocycles. The van der Waals surface area contributed by atoms with Gasteiger partial charge in [-0.1, -0.05) is 30.3 Å². The van der Waals surface area contributed by atoms with E-state index in [1.165, 1.54) is 0 Å². The third kappa shape index (κ3) is 2.60. The van der Waals surface area contributed by atoms with Crippen molar-refractivity contribution >= 4 is 22.5 Å². The maximum absolute atomic E-state index is 12.3. The van der Waals surface area contributed by atoms with Gasteiger partial charge in [0.25, 0.3) is 5.91 Å². The second kappa shape index (κ2) is 5.46. The summed E-state index contributed by atoms with van der Waals surface area (Å²) in [4.78, 5) is 15.5. The number of nitrogens with one attached hydrogen (secondary N) is 3. The number of amides is 1. The van der Waals surface area contributed by atoms with E-state index in [0.717, 1.165) is 27.8 Å². The standard InChI is InChI=1S/C18H14N4O/c23-18(17-11-13-3-1-2-4-15(13)21-17)20-14-7-5-12(6-8-14)16-9-10-19-22-16/h1-11,21H,(H,19,22)(H,20,23). The van der Waals surface area contributed by atoms with E-state index >= 15 is 0 Å². The number of para-hydroxylation sites is 1. The maximum atomic E-state index is 12.3. The Morgan fingerprint density at radius 3 is 2.57 bits per heavy atom. The first-order chi connectivity index (χ1) is 11.3. The van der Waals surface area contributed by atoms with Crippen LogP contribution in [0.25, 0.3) is 22.2 Å². The van der Waals surface area contributed by atoms with Gasteiger partial charge in [0.05, 0.1) is 5.69 Å². The molecular weight excluding hydrogens is 288 g/mol. The van der Waals surface area contributed by atoms with Gasteiger partial charge in [0.15, 0.2) is 0 Å². The number of carbonyl (C=O) groups is 1. The molecule has 4 rings (SSSR count). The van der Waals surface area contributed by atoms with Crippen LogP contribution >= 0.6 is 0 Å². The summed E-state index contributed by atoms with van der Waals surface area (Å²) in [5, 5.41) is 10.8. The van der Waals surface area contributed by atoms with Crippen molar-refractivity contribution in [3.8, 4) is 11.3 Å². The molecule has 0 bridgehead atoms. The zero-order valence-electron chi connectivity index (χ0n) is 12.2. The van der Waals surface area contributed by atoms with Crippen molar-refractivity contribution < 1.29 is 4.79 Å². The molecule has 0 fully saturated rings. The lowest BCUT2D eigenvalue weighted by molar-refractivity contribution is 0.102. The number of carbonyl (C=O) groups excluding carboxylic acids is 1. The summed E-state index contributed by atoms with van der Waals surface area (Å²) in [5.74, 6) is -0.157. The Kier molecular flexibility index (Phi) is 3.16. The van der Waals surface area contributed by atoms with Crippen LogP contribution in [0.5, 0.6) is 0 Å². The second-order valence-electron chi connectivity index (χ2n) is 5.27. The van der Waals surface area contributed by atoms with Crippen LogP contribution in [0.4, 0.5) is 5.69 Å². The number of rotatable bonds is 3. The van der Waals surface area contributed by atoms with Crippen LogP contribution in [0.15, 0.2) is 66.9 Å². The molecule has 23 heavy (non-hydrogen) atoms. The van der Waals surface area contributed by atoms with E-state index in [1.807, 2.05) is 60.7 Å². The number of benzene rings is 2. The van der Waals surface area contributed by atoms with Gasteiger partial charge >= 0.3 is 0 Å². The van der Waals surface area contributed by atoms with Gasteiger partial charge < -0.3 is 10.3 Å². The van der Waals surface area contributed by atoms with E-state index in [-0.39, 0.29) is 5.91 Å². The molecule has 0 aliphatic rings. The number of nitrogens with zero attached hydrogens (tertiary/aromatic N) is 1. The Morgan fingerprint density at radius 1 is 1.00 bits per heavy atom. The first-order valence-electron chi connectivity index (χ1n) is 7.28. The third-order valence-electron chi connectivity index (χ3n) is 3.73. The largest absolute Gasteiger partial charge is 0.351 e. The highest BCUT2D eigenvalue weighted by Crippen LogP contribution is 2.20. The Balaban J connectivity index is 1.54. The minimum atomic E-state index is -0.157. The summed E-state index contributed by atoms with van der Waals surface area (Å²) in [7, 11) is 0. The molecule has 4 aromatic rings. The minimum absolute atomic E-state index is 0.157. The predicted octanol–water partition coefficient (Wildman–Crippen LogP) is 3.81. The van der Waals surface area contributed by atoms with Crippen LogP contribution in [-0.4, -0.2) is 21.1 Å². The summed E-state index contributed by atoms with van der Waals surface area (Å²) < 4.78 is 0. The molecule has 0 aliphatic heterocycles. The molecule has 3 N–H and O–H groups in total. The lowest BCUT2D eigenvalue weighted by Gasteiger charge is -2.04. The third-order valence-corrected chi connectivity index (χ3v) is 3.73. The van der Waals surface area contributed by atoms with Crippen molar-refractivity contribution in [3.63, 3.8) is 0 Å². The zero-order valence-corrected chi connectivity index (χ0v) is 12.2. The van der Waals surface area contributed by atoms with E-state index in [1.54, 1.807) is 6.20 Å². The van der Waals surface area contributed by atoms with Crippen LogP contribution in [0, 0.1) is 0 Å². The molecule has 0 saturated carbocycles. The molecule has 0 unspecified atom stereocenters. The summed E-state index contributed by atoms with van der Waals surface area (Å²) in [5.41, 5.74) is 4.21. The van der Waals surface area contributed by atoms with Crippen molar-refractivity contribution in [2.75, 3.05) is 5.32 Å². The van der Waals surface area contributed by atoms with Gasteiger partial charge in [0, 0.05) is 22.8 Å². The van der Waals surface area contributed by atoms with Gasteiger partial charge in [-0.05, 0) is 35.9 Å². The molecule has 5 nitrogen and oxygen atoms in total. The van der Waals surface area contributed by atoms with Gasteiger partial charge in [-0.2, -0.15) is 5.10 Å². The highest BCUT2D eigenvalue weighted by atomic mass is 16.1. The van der Waals surface area contributed by atoms with Crippen LogP contribution in [-0.2, 0) is 0 Å². The van der Waals surface area contributed by atoms with Crippen LogP contribution in [0.1, 0.15) is 10.5 Å². The average molecular weight is 302 g/mol. The second-order valence-corrected chi connectivity index (χ2v) is 5.27. The zero-order chi connectivity index (χ0) is 15.6. The number of H-pyrrole nitrogens is 2. The van der Waals surface area contributed by atoms with Gasteiger partial charge in [-0.3, -0.25) is 9.89 Å². The fraction of sp³-hybridized carbons (Fsp3) is 0. The van der Waals surface area contributed by atoms with E-state index in [0.29, 0.717) is 5.69 Å². The highest BCUT2D eigenvalue weighted by Gasteiger charge is 2.09. The first kappa shape index (κ1) is 13.3. The van der Waals surface area contributed by atoms with Gasteiger partial charge in [-0.15, -0.1) is 0 Å². The lowest BCUT2D eigenvalue weighted by Crippen LogP contribution is -2.12. The molecule has 1 amide bonds. The average Bonchev–Trinajstić information content (AvgIpc) is 3.25. The van der Waals surface area contributed by atoms with Gasteiger partial charge in [0.1, 0.15) is 5.69 Å². The van der Waals surface area contributed by atoms with Gasteiger partial charge in [0.2, 0.25) is 0 Å². The summed E-state index contributed by atoms with van der Waals surface area (Å²) >= 11 is 0. The van der Waals surface area contributed by atoms with Crippen LogP contribution in [0.3, 0.4) is 0 Å². The molecule has 0 atom stereocenters. The van der Waals surface area contributed by atoms with E-state index < -0.39 is 0 Å². The van der Waals surface area contributed by atoms with Crippen LogP contribution in [0.2, 0.25) is 0 Å². The monoisotopic (exact) mass is 302 g/mol. The van der Waals surface area contributed by atoms with Crippen molar-refractivity contribution in [2.45, 2.75) is 0 Å². The lowest BCUT2D eigenvalue weighted by atomic mass is 10.1. The summed E-state index contributed by atoms with van der Waals surface area (Å²) in [6.45, 7) is 0. The fourth-order valence-electron chi connectivity index (χ4n) is 2.54. The number of hydrogen-bond donors (Lipinski definition) is 3. The number of fused-ring (bicyclic) bond motifs is 1. The first-order valence-corrected chi connectivity index (χ1v) is 7.28. The number of aromatic amines is 2. The Morgan fingerprint density at radius 2 is 1.83 bits per heavy atom. The van der Waals surface area contributed by atoms with E-state index in [2.05, 4.69) is 20.5 Å². The Bertz CT molecular complexity index is 919. The maximum Gasteiger partial charge on any atom is 0.272 e. The summed E-state index contributed by atoms with van der Waals surface area (Å²) in [6, 6.07) is 19.2. The smallest absolute Gasteiger partial charge is 0.272 e. The predicted molar refractivity (Wildman–Crippen MR) is 90.3 cm³/mol. The molecular formula is C18H14N4O. The summed E-state index contributed by atoms with van der Waals surface area (Å²) in [6.07, 6.45) is 1.71. The molecule has 0 saturated heterocycles. The number of hydrogen-bond acceptors (Lipinski definition) is 2. The molecule has 0 spiro atoms. The quantitative estimate of drug-likeness (QED) is 0.538. The topological polar surface area (TPSA) is 73.6 Å². The SMILES string of the molecule is O=C(Nc1ccc(-c2ccn[nH]2)cc1)c1cc2ccccc2[nH]1. The Labute approximate surface area is 132 Å². The molecule has 0 radical (unpaired) electrons. The Hall–Kier alpha value is -3.34. The molecule has 2 heterocycles. The van der Waals surface area contributed by atoms with E-state index in [9.17, 15) is 4.79 Å². The number of aromatic nitrogens is 3. The van der Waals surface area contributed by atoms with E-state index in [4.69, 9.17) is 0 Å². The van der Waals surface area contributed by atoms with Crippen LogP contribution < -0.4 is 5.32 Å². The minimum Gasteiger partial charge on any atom is -0.351 e. The molecule has 0 aliphatic carbocycles. The van der Waals surface area contributed by atoms with Crippen molar-refractivity contribution in [1.82, 2.24) is 15.2 Å². The molecule has 2 aromatic carbocycles. The van der Waals surface area contributed by atoms with Crippen molar-refractivity contribution in [1.29, 1.82) is 0 Å². The van der Waals surface area contributed by atoms with Gasteiger partial charge in [-0.25, -0.2) is 0 Å². The normalized spacial score (nSPS) is 10.8. The fourth-order valence-corrected chi connectivity index (χ4v) is 2.54. The van der Waals surface area contributed by atoms with Crippen molar-refractivity contribution in [2.24, 2.45) is 0 Å². The highest BCUT2D eigenvalue weighted by molar-refractivity contribution is 6.05. The molecule has 112 valence electrons. The van der Waals surface area contributed by atoms with Crippen molar-refractivity contribution in [3.05, 3.63) is 72.6 Å².